The van der Waals surface area contributed by atoms with E-state index in [1.807, 2.05) is 0 Å². The number of rotatable bonds is 3. The van der Waals surface area contributed by atoms with Crippen LogP contribution in [0.15, 0.2) is 36.9 Å². The molecule has 1 aromatic rings. The molecule has 1 aromatic carbocycles. The van der Waals surface area contributed by atoms with Gasteiger partial charge in [0.15, 0.2) is 0 Å². The van der Waals surface area contributed by atoms with Crippen LogP contribution in [0.3, 0.4) is 0 Å². The Hall–Kier alpha value is -2.14. The first kappa shape index (κ1) is 17.7. The predicted molar refractivity (Wildman–Crippen MR) is 97.5 cm³/mol. The summed E-state index contributed by atoms with van der Waals surface area (Å²) < 4.78 is 0. The molecule has 1 unspecified atom stereocenters. The fourth-order valence-electron chi connectivity index (χ4n) is 4.27. The maximum atomic E-state index is 12.9. The molecule has 2 fully saturated rings. The van der Waals surface area contributed by atoms with E-state index in [2.05, 4.69) is 6.58 Å². The van der Waals surface area contributed by atoms with E-state index in [0.717, 1.165) is 25.8 Å². The van der Waals surface area contributed by atoms with Crippen LogP contribution in [0, 0.1) is 5.41 Å². The first-order chi connectivity index (χ1) is 11.9. The Balaban J connectivity index is 1.74. The molecule has 1 heterocycles. The van der Waals surface area contributed by atoms with Crippen LogP contribution in [0.1, 0.15) is 42.5 Å². The van der Waals surface area contributed by atoms with Gasteiger partial charge in [0, 0.05) is 31.4 Å². The summed E-state index contributed by atoms with van der Waals surface area (Å²) >= 11 is 0. The SMILES string of the molecule is C=CC(=O)N(C)c1ccc(C(=O)N2CC(O)CC3(CCCC3)C2)cc1. The summed E-state index contributed by atoms with van der Waals surface area (Å²) in [4.78, 5) is 27.8. The first-order valence-corrected chi connectivity index (χ1v) is 8.92. The normalized spacial score (nSPS) is 22.0. The number of aliphatic hydroxyl groups is 1. The van der Waals surface area contributed by atoms with Gasteiger partial charge >= 0.3 is 0 Å². The fourth-order valence-corrected chi connectivity index (χ4v) is 4.27. The summed E-state index contributed by atoms with van der Waals surface area (Å²) in [7, 11) is 1.67. The number of hydrogen-bond acceptors (Lipinski definition) is 3. The quantitative estimate of drug-likeness (QED) is 0.859. The van der Waals surface area contributed by atoms with Crippen molar-refractivity contribution in [2.75, 3.05) is 25.0 Å². The minimum atomic E-state index is -0.439. The average molecular weight is 342 g/mol. The van der Waals surface area contributed by atoms with E-state index in [0.29, 0.717) is 17.8 Å². The van der Waals surface area contributed by atoms with Crippen molar-refractivity contribution in [3.05, 3.63) is 42.5 Å². The highest BCUT2D eigenvalue weighted by molar-refractivity contribution is 6.01. The van der Waals surface area contributed by atoms with E-state index in [4.69, 9.17) is 0 Å². The Labute approximate surface area is 148 Å². The number of amides is 2. The number of β-amino-alcohol motifs (C(OH)–C–C–N with tert-alkyl or cyclic N) is 1. The largest absolute Gasteiger partial charge is 0.391 e. The van der Waals surface area contributed by atoms with Crippen molar-refractivity contribution in [1.82, 2.24) is 4.90 Å². The fraction of sp³-hybridized carbons (Fsp3) is 0.500. The lowest BCUT2D eigenvalue weighted by atomic mass is 9.77. The van der Waals surface area contributed by atoms with Gasteiger partial charge in [-0.3, -0.25) is 9.59 Å². The third kappa shape index (κ3) is 3.61. The summed E-state index contributed by atoms with van der Waals surface area (Å²) in [5.74, 6) is -0.240. The van der Waals surface area contributed by atoms with E-state index < -0.39 is 6.10 Å². The van der Waals surface area contributed by atoms with Crippen LogP contribution in [0.4, 0.5) is 5.69 Å². The van der Waals surface area contributed by atoms with Crippen LogP contribution in [0.5, 0.6) is 0 Å². The van der Waals surface area contributed by atoms with Crippen LogP contribution < -0.4 is 4.90 Å². The standard InChI is InChI=1S/C20H26N2O3/c1-3-18(24)21(2)16-8-6-15(7-9-16)19(25)22-13-17(23)12-20(14-22)10-4-5-11-20/h3,6-9,17,23H,1,4-5,10-14H2,2H3. The summed E-state index contributed by atoms with van der Waals surface area (Å²) in [6.45, 7) is 4.62. The minimum absolute atomic E-state index is 0.0470. The molecule has 1 spiro atoms. The van der Waals surface area contributed by atoms with E-state index in [-0.39, 0.29) is 17.2 Å². The average Bonchev–Trinajstić information content (AvgIpc) is 3.06. The summed E-state index contributed by atoms with van der Waals surface area (Å²) in [5.41, 5.74) is 1.40. The van der Waals surface area contributed by atoms with Gasteiger partial charge in [-0.25, -0.2) is 0 Å². The molecular weight excluding hydrogens is 316 g/mol. The predicted octanol–water partition coefficient (Wildman–Crippen LogP) is 2.60. The number of hydrogen-bond donors (Lipinski definition) is 1. The summed E-state index contributed by atoms with van der Waals surface area (Å²) in [6, 6.07) is 7.01. The molecule has 5 nitrogen and oxygen atoms in total. The van der Waals surface area contributed by atoms with Crippen LogP contribution >= 0.6 is 0 Å². The maximum absolute atomic E-state index is 12.9. The van der Waals surface area contributed by atoms with Gasteiger partial charge < -0.3 is 14.9 Å². The van der Waals surface area contributed by atoms with Crippen molar-refractivity contribution in [3.63, 3.8) is 0 Å². The van der Waals surface area contributed by atoms with E-state index in [1.54, 1.807) is 36.2 Å². The number of anilines is 1. The van der Waals surface area contributed by atoms with Crippen molar-refractivity contribution < 1.29 is 14.7 Å². The highest BCUT2D eigenvalue weighted by atomic mass is 16.3. The van der Waals surface area contributed by atoms with Crippen LogP contribution in [0.25, 0.3) is 0 Å². The van der Waals surface area contributed by atoms with E-state index in [9.17, 15) is 14.7 Å². The van der Waals surface area contributed by atoms with Gasteiger partial charge in [-0.05, 0) is 55.0 Å². The second-order valence-electron chi connectivity index (χ2n) is 7.40. The van der Waals surface area contributed by atoms with Gasteiger partial charge in [0.2, 0.25) is 5.91 Å². The van der Waals surface area contributed by atoms with Crippen LogP contribution in [-0.2, 0) is 4.79 Å². The Morgan fingerprint density at radius 2 is 1.92 bits per heavy atom. The van der Waals surface area contributed by atoms with Gasteiger partial charge in [0.1, 0.15) is 0 Å². The lowest BCUT2D eigenvalue weighted by molar-refractivity contribution is -0.113. The molecule has 134 valence electrons. The highest BCUT2D eigenvalue weighted by Gasteiger charge is 2.42. The molecular formula is C20H26N2O3. The maximum Gasteiger partial charge on any atom is 0.253 e. The van der Waals surface area contributed by atoms with Gasteiger partial charge in [-0.2, -0.15) is 0 Å². The van der Waals surface area contributed by atoms with Crippen molar-refractivity contribution in [2.24, 2.45) is 5.41 Å². The molecule has 0 radical (unpaired) electrons. The molecule has 1 saturated heterocycles. The molecule has 0 bridgehead atoms. The third-order valence-corrected chi connectivity index (χ3v) is 5.58. The molecule has 3 rings (SSSR count). The summed E-state index contributed by atoms with van der Waals surface area (Å²) in [5, 5.41) is 10.3. The molecule has 2 amide bonds. The number of carbonyl (C=O) groups is 2. The lowest BCUT2D eigenvalue weighted by Gasteiger charge is -2.43. The number of benzene rings is 1. The van der Waals surface area contributed by atoms with Crippen molar-refractivity contribution in [3.8, 4) is 0 Å². The number of carbonyl (C=O) groups excluding carboxylic acids is 2. The number of likely N-dealkylation sites (N-methyl/N-ethyl adjacent to an activating group) is 1. The second-order valence-corrected chi connectivity index (χ2v) is 7.40. The zero-order valence-corrected chi connectivity index (χ0v) is 14.8. The molecule has 5 heteroatoms. The number of piperidine rings is 1. The molecule has 1 aliphatic heterocycles. The number of nitrogens with zero attached hydrogens (tertiary/aromatic N) is 2. The molecule has 1 aliphatic carbocycles. The smallest absolute Gasteiger partial charge is 0.253 e. The van der Waals surface area contributed by atoms with E-state index in [1.165, 1.54) is 23.8 Å². The van der Waals surface area contributed by atoms with Gasteiger partial charge in [0.25, 0.3) is 5.91 Å². The molecule has 1 atom stereocenters. The third-order valence-electron chi connectivity index (χ3n) is 5.58. The molecule has 0 aromatic heterocycles. The molecule has 25 heavy (non-hydrogen) atoms. The van der Waals surface area contributed by atoms with Gasteiger partial charge in [-0.15, -0.1) is 0 Å². The van der Waals surface area contributed by atoms with Crippen LogP contribution in [0.2, 0.25) is 0 Å². The van der Waals surface area contributed by atoms with Crippen molar-refractivity contribution >= 4 is 17.5 Å². The second kappa shape index (κ2) is 7.00. The monoisotopic (exact) mass is 342 g/mol. The number of aliphatic hydroxyl groups excluding tert-OH is 1. The Morgan fingerprint density at radius 1 is 1.28 bits per heavy atom. The highest BCUT2D eigenvalue weighted by Crippen LogP contribution is 2.45. The van der Waals surface area contributed by atoms with Crippen molar-refractivity contribution in [2.45, 2.75) is 38.2 Å². The van der Waals surface area contributed by atoms with Crippen LogP contribution in [-0.4, -0.2) is 48.1 Å². The summed E-state index contributed by atoms with van der Waals surface area (Å²) in [6.07, 6.45) is 6.20. The lowest BCUT2D eigenvalue weighted by Crippen LogP contribution is -2.50. The molecule has 2 aliphatic rings. The Kier molecular flexibility index (Phi) is 4.95. The van der Waals surface area contributed by atoms with Gasteiger partial charge in [-0.1, -0.05) is 19.4 Å². The zero-order chi connectivity index (χ0) is 18.0. The molecule has 1 saturated carbocycles. The Bertz CT molecular complexity index is 662. The number of likely N-dealkylation sites (tertiary alicyclic amines) is 1. The van der Waals surface area contributed by atoms with E-state index >= 15 is 0 Å². The minimum Gasteiger partial charge on any atom is -0.391 e. The molecule has 1 N–H and O–H groups in total. The first-order valence-electron chi connectivity index (χ1n) is 8.92. The topological polar surface area (TPSA) is 60.9 Å². The van der Waals surface area contributed by atoms with Gasteiger partial charge in [0.05, 0.1) is 6.10 Å². The van der Waals surface area contributed by atoms with Crippen molar-refractivity contribution in [1.29, 1.82) is 0 Å². The Morgan fingerprint density at radius 3 is 2.52 bits per heavy atom. The zero-order valence-electron chi connectivity index (χ0n) is 14.8.